The number of fused-ring (bicyclic) bond motifs is 1. The van der Waals surface area contributed by atoms with E-state index >= 15 is 0 Å². The summed E-state index contributed by atoms with van der Waals surface area (Å²) in [6.45, 7) is 1.81. The van der Waals surface area contributed by atoms with Gasteiger partial charge in [0.15, 0.2) is 5.82 Å². The average molecular weight is 315 g/mol. The molecule has 1 aliphatic rings. The maximum Gasteiger partial charge on any atom is 0.263 e. The summed E-state index contributed by atoms with van der Waals surface area (Å²) in [6, 6.07) is 3.10. The van der Waals surface area contributed by atoms with Crippen LogP contribution in [0.3, 0.4) is 0 Å². The lowest BCUT2D eigenvalue weighted by Gasteiger charge is -2.19. The molecule has 0 aromatic carbocycles. The first-order valence-electron chi connectivity index (χ1n) is 7.22. The fourth-order valence-corrected chi connectivity index (χ4v) is 2.60. The van der Waals surface area contributed by atoms with Crippen molar-refractivity contribution in [2.75, 3.05) is 10.6 Å². The number of nitrogens with one attached hydrogen (secondary N) is 2. The molecule has 1 atom stereocenters. The van der Waals surface area contributed by atoms with E-state index in [-0.39, 0.29) is 22.9 Å². The number of amides is 2. The monoisotopic (exact) mass is 315 g/mol. The maximum atomic E-state index is 12.4. The molecule has 0 spiro atoms. The summed E-state index contributed by atoms with van der Waals surface area (Å²) in [6.07, 6.45) is 2.07. The minimum Gasteiger partial charge on any atom is -0.318 e. The number of hydrogen-bond donors (Lipinski definition) is 2. The molecule has 8 nitrogen and oxygen atoms in total. The minimum absolute atomic E-state index is 0.0438. The molecule has 3 rings (SSSR count). The zero-order valence-corrected chi connectivity index (χ0v) is 13.1. The first-order chi connectivity index (χ1) is 10.9. The highest BCUT2D eigenvalue weighted by molar-refractivity contribution is 6.05. The highest BCUT2D eigenvalue weighted by Gasteiger charge is 2.29. The molecule has 0 saturated carbocycles. The second-order valence-corrected chi connectivity index (χ2v) is 5.69. The van der Waals surface area contributed by atoms with Crippen LogP contribution in [0, 0.1) is 5.92 Å². The van der Waals surface area contributed by atoms with Crippen LogP contribution in [0.4, 0.5) is 11.6 Å². The van der Waals surface area contributed by atoms with Gasteiger partial charge >= 0.3 is 0 Å². The van der Waals surface area contributed by atoms with Crippen molar-refractivity contribution >= 4 is 23.5 Å². The van der Waals surface area contributed by atoms with Crippen LogP contribution in [0.25, 0.3) is 0 Å². The lowest BCUT2D eigenvalue weighted by Crippen LogP contribution is -2.29. The number of anilines is 2. The van der Waals surface area contributed by atoms with Gasteiger partial charge in [-0.3, -0.25) is 19.1 Å². The molecule has 1 aliphatic heterocycles. The Labute approximate surface area is 132 Å². The van der Waals surface area contributed by atoms with E-state index in [9.17, 15) is 14.4 Å². The number of aryl methyl sites for hydroxylation is 2. The molecule has 0 radical (unpaired) electrons. The van der Waals surface area contributed by atoms with E-state index in [0.717, 1.165) is 5.56 Å². The number of aromatic nitrogens is 3. The van der Waals surface area contributed by atoms with Crippen LogP contribution >= 0.6 is 0 Å². The van der Waals surface area contributed by atoms with Crippen LogP contribution in [0.15, 0.2) is 23.1 Å². The predicted molar refractivity (Wildman–Crippen MR) is 84.3 cm³/mol. The summed E-state index contributed by atoms with van der Waals surface area (Å²) in [7, 11) is 3.27. The molecular weight excluding hydrogens is 298 g/mol. The summed E-state index contributed by atoms with van der Waals surface area (Å²) in [5.41, 5.74) is 0.430. The Morgan fingerprint density at radius 1 is 1.39 bits per heavy atom. The summed E-state index contributed by atoms with van der Waals surface area (Å²) < 4.78 is 2.85. The molecule has 0 fully saturated rings. The second kappa shape index (κ2) is 5.38. The van der Waals surface area contributed by atoms with Gasteiger partial charge < -0.3 is 15.2 Å². The van der Waals surface area contributed by atoms with Gasteiger partial charge in [-0.05, 0) is 18.6 Å². The Kier molecular flexibility index (Phi) is 3.51. The first kappa shape index (κ1) is 15.0. The highest BCUT2D eigenvalue weighted by atomic mass is 16.2. The van der Waals surface area contributed by atoms with Crippen LogP contribution in [0.5, 0.6) is 0 Å². The number of rotatable bonds is 2. The molecule has 0 saturated heterocycles. The molecule has 2 aromatic rings. The number of hydrogen-bond acceptors (Lipinski definition) is 4. The van der Waals surface area contributed by atoms with Crippen molar-refractivity contribution in [2.45, 2.75) is 13.3 Å². The Morgan fingerprint density at radius 3 is 2.87 bits per heavy atom. The summed E-state index contributed by atoms with van der Waals surface area (Å²) in [4.78, 5) is 36.1. The Morgan fingerprint density at radius 2 is 2.13 bits per heavy atom. The molecular formula is C15H17N5O3. The fraction of sp³-hybridized carbons (Fsp3) is 0.333. The zero-order chi connectivity index (χ0) is 16.7. The molecule has 3 heterocycles. The maximum absolute atomic E-state index is 12.4. The number of pyridine rings is 1. The number of carbonyl (C=O) groups excluding carboxylic acids is 2. The Bertz CT molecular complexity index is 864. The van der Waals surface area contributed by atoms with Gasteiger partial charge in [-0.2, -0.15) is 5.10 Å². The Hall–Kier alpha value is -2.90. The second-order valence-electron chi connectivity index (χ2n) is 5.69. The molecule has 0 aliphatic carbocycles. The highest BCUT2D eigenvalue weighted by Crippen LogP contribution is 2.31. The fourth-order valence-electron chi connectivity index (χ4n) is 2.60. The summed E-state index contributed by atoms with van der Waals surface area (Å²) >= 11 is 0. The van der Waals surface area contributed by atoms with Gasteiger partial charge in [-0.1, -0.05) is 6.92 Å². The van der Waals surface area contributed by atoms with Gasteiger partial charge in [0.1, 0.15) is 11.4 Å². The SMILES string of the molecule is CC1Cc2c(NC(=O)c3cccn(C)c3=O)nn(C)c2NC1=O. The van der Waals surface area contributed by atoms with E-state index in [1.807, 2.05) is 6.92 Å². The van der Waals surface area contributed by atoms with E-state index in [1.165, 1.54) is 15.3 Å². The lowest BCUT2D eigenvalue weighted by atomic mass is 9.98. The smallest absolute Gasteiger partial charge is 0.263 e. The van der Waals surface area contributed by atoms with Gasteiger partial charge in [-0.15, -0.1) is 0 Å². The van der Waals surface area contributed by atoms with Crippen molar-refractivity contribution < 1.29 is 9.59 Å². The normalized spacial score (nSPS) is 16.7. The van der Waals surface area contributed by atoms with Gasteiger partial charge in [0.25, 0.3) is 11.5 Å². The van der Waals surface area contributed by atoms with Crippen LogP contribution in [-0.4, -0.2) is 26.2 Å². The molecule has 0 bridgehead atoms. The van der Waals surface area contributed by atoms with E-state index in [4.69, 9.17) is 0 Å². The topological polar surface area (TPSA) is 98.0 Å². The Balaban J connectivity index is 1.94. The summed E-state index contributed by atoms with van der Waals surface area (Å²) in [5.74, 6) is 0.147. The molecule has 2 amide bonds. The molecule has 8 heteroatoms. The van der Waals surface area contributed by atoms with Gasteiger partial charge in [0.05, 0.1) is 0 Å². The molecule has 120 valence electrons. The van der Waals surface area contributed by atoms with Crippen molar-refractivity contribution in [2.24, 2.45) is 20.0 Å². The van der Waals surface area contributed by atoms with Gasteiger partial charge in [0.2, 0.25) is 5.91 Å². The van der Waals surface area contributed by atoms with Crippen molar-refractivity contribution in [1.29, 1.82) is 0 Å². The van der Waals surface area contributed by atoms with Crippen molar-refractivity contribution in [3.63, 3.8) is 0 Å². The minimum atomic E-state index is -0.517. The average Bonchev–Trinajstić information content (AvgIpc) is 2.78. The van der Waals surface area contributed by atoms with E-state index in [2.05, 4.69) is 15.7 Å². The third-order valence-electron chi connectivity index (χ3n) is 3.94. The third kappa shape index (κ3) is 2.52. The summed E-state index contributed by atoms with van der Waals surface area (Å²) in [5, 5.41) is 9.69. The predicted octanol–water partition coefficient (Wildman–Crippen LogP) is 0.502. The van der Waals surface area contributed by atoms with Crippen molar-refractivity contribution in [3.8, 4) is 0 Å². The van der Waals surface area contributed by atoms with E-state index in [1.54, 1.807) is 26.4 Å². The van der Waals surface area contributed by atoms with E-state index in [0.29, 0.717) is 18.1 Å². The largest absolute Gasteiger partial charge is 0.318 e. The first-order valence-corrected chi connectivity index (χ1v) is 7.22. The van der Waals surface area contributed by atoms with Crippen LogP contribution < -0.4 is 16.2 Å². The molecule has 2 aromatic heterocycles. The lowest BCUT2D eigenvalue weighted by molar-refractivity contribution is -0.119. The van der Waals surface area contributed by atoms with Crippen LogP contribution in [0.2, 0.25) is 0 Å². The van der Waals surface area contributed by atoms with E-state index < -0.39 is 5.91 Å². The molecule has 23 heavy (non-hydrogen) atoms. The zero-order valence-electron chi connectivity index (χ0n) is 13.1. The number of nitrogens with zero attached hydrogens (tertiary/aromatic N) is 3. The quantitative estimate of drug-likeness (QED) is 0.843. The third-order valence-corrected chi connectivity index (χ3v) is 3.94. The van der Waals surface area contributed by atoms with Crippen LogP contribution in [0.1, 0.15) is 22.8 Å². The molecule has 1 unspecified atom stereocenters. The van der Waals surface area contributed by atoms with Gasteiger partial charge in [0, 0.05) is 31.8 Å². The standard InChI is InChI=1S/C15H17N5O3/c1-8-7-10-11(18-20(3)12(10)17-13(8)21)16-14(22)9-5-4-6-19(2)15(9)23/h4-6,8H,7H2,1-3H3,(H,17,21)(H,16,18,22). The molecule has 2 N–H and O–H groups in total. The van der Waals surface area contributed by atoms with Crippen molar-refractivity contribution in [3.05, 3.63) is 39.8 Å². The van der Waals surface area contributed by atoms with Gasteiger partial charge in [-0.25, -0.2) is 0 Å². The number of carbonyl (C=O) groups is 2. The van der Waals surface area contributed by atoms with Crippen molar-refractivity contribution in [1.82, 2.24) is 14.3 Å². The van der Waals surface area contributed by atoms with Crippen LogP contribution in [-0.2, 0) is 25.3 Å².